The van der Waals surface area contributed by atoms with Crippen LogP contribution < -0.4 is 10.1 Å². The zero-order valence-electron chi connectivity index (χ0n) is 15.9. The maximum absolute atomic E-state index is 13.9. The van der Waals surface area contributed by atoms with Gasteiger partial charge in [-0.05, 0) is 29.8 Å². The number of ether oxygens (including phenoxy) is 2. The summed E-state index contributed by atoms with van der Waals surface area (Å²) >= 11 is 1.34. The standard InChI is InChI=1S/C22H21FN2O3S/c1-27-10-4-11-28-19-14-16(7-8-17-5-2-3-6-20(17)23)13-18(15-19)21(26)25-22-24-9-12-29-22/h2-3,5-9,12-15H,4,10-11H2,1H3,(H,24,25,26)/b8-7+. The maximum atomic E-state index is 13.9. The summed E-state index contributed by atoms with van der Waals surface area (Å²) in [7, 11) is 1.63. The number of nitrogens with one attached hydrogen (secondary N) is 1. The minimum Gasteiger partial charge on any atom is -0.493 e. The number of benzene rings is 2. The van der Waals surface area contributed by atoms with Crippen LogP contribution in [-0.4, -0.2) is 31.2 Å². The van der Waals surface area contributed by atoms with Crippen LogP contribution in [0.15, 0.2) is 54.0 Å². The Labute approximate surface area is 172 Å². The number of halogens is 1. The molecule has 0 radical (unpaired) electrons. The van der Waals surface area contributed by atoms with Crippen LogP contribution in [0.5, 0.6) is 5.75 Å². The number of rotatable bonds is 9. The molecular formula is C22H21FN2O3S. The molecule has 0 saturated carbocycles. The molecule has 29 heavy (non-hydrogen) atoms. The minimum absolute atomic E-state index is 0.289. The molecule has 0 spiro atoms. The lowest BCUT2D eigenvalue weighted by atomic mass is 10.1. The third kappa shape index (κ3) is 6.23. The van der Waals surface area contributed by atoms with Crippen molar-refractivity contribution in [2.75, 3.05) is 25.6 Å². The average Bonchev–Trinajstić information content (AvgIpc) is 3.23. The zero-order valence-corrected chi connectivity index (χ0v) is 16.7. The van der Waals surface area contributed by atoms with Crippen molar-refractivity contribution in [3.05, 3.63) is 76.5 Å². The Morgan fingerprint density at radius 1 is 1.21 bits per heavy atom. The number of carbonyl (C=O) groups is 1. The van der Waals surface area contributed by atoms with Gasteiger partial charge in [0.05, 0.1) is 6.61 Å². The van der Waals surface area contributed by atoms with Gasteiger partial charge in [-0.2, -0.15) is 0 Å². The van der Waals surface area contributed by atoms with Crippen LogP contribution in [-0.2, 0) is 4.74 Å². The van der Waals surface area contributed by atoms with Gasteiger partial charge in [0.15, 0.2) is 5.13 Å². The van der Waals surface area contributed by atoms with Gasteiger partial charge in [-0.15, -0.1) is 11.3 Å². The Morgan fingerprint density at radius 3 is 2.83 bits per heavy atom. The number of thiazole rings is 1. The van der Waals surface area contributed by atoms with Crippen LogP contribution in [0.4, 0.5) is 9.52 Å². The van der Waals surface area contributed by atoms with Crippen molar-refractivity contribution in [2.24, 2.45) is 0 Å². The van der Waals surface area contributed by atoms with Crippen molar-refractivity contribution < 1.29 is 18.7 Å². The predicted molar refractivity (Wildman–Crippen MR) is 114 cm³/mol. The highest BCUT2D eigenvalue weighted by molar-refractivity contribution is 7.13. The number of carbonyl (C=O) groups excluding carboxylic acids is 1. The first-order chi connectivity index (χ1) is 14.2. The van der Waals surface area contributed by atoms with E-state index in [9.17, 15) is 9.18 Å². The van der Waals surface area contributed by atoms with Gasteiger partial charge in [0, 0.05) is 42.8 Å². The SMILES string of the molecule is COCCCOc1cc(/C=C/c2ccccc2F)cc(C(=O)Nc2nccs2)c1. The summed E-state index contributed by atoms with van der Waals surface area (Å²) in [5.74, 6) is -0.0404. The molecule has 0 aliphatic heterocycles. The quantitative estimate of drug-likeness (QED) is 0.391. The fourth-order valence-corrected chi connectivity index (χ4v) is 3.10. The molecule has 150 valence electrons. The molecule has 0 fully saturated rings. The van der Waals surface area contributed by atoms with Crippen molar-refractivity contribution in [3.63, 3.8) is 0 Å². The van der Waals surface area contributed by atoms with Gasteiger partial charge < -0.3 is 9.47 Å². The van der Waals surface area contributed by atoms with Crippen molar-refractivity contribution >= 4 is 34.5 Å². The van der Waals surface area contributed by atoms with Gasteiger partial charge in [0.2, 0.25) is 0 Å². The second kappa shape index (κ2) is 10.5. The summed E-state index contributed by atoms with van der Waals surface area (Å²) in [6.07, 6.45) is 5.77. The van der Waals surface area contributed by atoms with E-state index in [-0.39, 0.29) is 11.7 Å². The summed E-state index contributed by atoms with van der Waals surface area (Å²) < 4.78 is 24.7. The Kier molecular flexibility index (Phi) is 7.49. The number of anilines is 1. The first kappa shape index (κ1) is 20.7. The summed E-state index contributed by atoms with van der Waals surface area (Å²) in [5.41, 5.74) is 1.62. The lowest BCUT2D eigenvalue weighted by Crippen LogP contribution is -2.12. The van der Waals surface area contributed by atoms with Gasteiger partial charge in [-0.25, -0.2) is 9.37 Å². The molecule has 3 aromatic rings. The van der Waals surface area contributed by atoms with Crippen molar-refractivity contribution in [1.82, 2.24) is 4.98 Å². The van der Waals surface area contributed by atoms with Gasteiger partial charge in [-0.1, -0.05) is 30.4 Å². The van der Waals surface area contributed by atoms with Crippen LogP contribution >= 0.6 is 11.3 Å². The highest BCUT2D eigenvalue weighted by atomic mass is 32.1. The van der Waals surface area contributed by atoms with E-state index in [0.717, 1.165) is 12.0 Å². The molecule has 1 N–H and O–H groups in total. The summed E-state index contributed by atoms with van der Waals surface area (Å²) in [5, 5.41) is 5.06. The number of methoxy groups -OCH3 is 1. The molecule has 0 unspecified atom stereocenters. The van der Waals surface area contributed by atoms with E-state index in [1.54, 1.807) is 61.2 Å². The monoisotopic (exact) mass is 412 g/mol. The van der Waals surface area contributed by atoms with Crippen LogP contribution in [0, 0.1) is 5.82 Å². The van der Waals surface area contributed by atoms with E-state index in [0.29, 0.717) is 35.2 Å². The van der Waals surface area contributed by atoms with Crippen LogP contribution in [0.2, 0.25) is 0 Å². The van der Waals surface area contributed by atoms with Gasteiger partial charge >= 0.3 is 0 Å². The van der Waals surface area contributed by atoms with Crippen LogP contribution in [0.25, 0.3) is 12.2 Å². The smallest absolute Gasteiger partial charge is 0.257 e. The predicted octanol–water partition coefficient (Wildman–Crippen LogP) is 5.12. The largest absolute Gasteiger partial charge is 0.493 e. The summed E-state index contributed by atoms with van der Waals surface area (Å²) in [4.78, 5) is 16.7. The second-order valence-electron chi connectivity index (χ2n) is 6.13. The Hall–Kier alpha value is -3.03. The first-order valence-electron chi connectivity index (χ1n) is 9.06. The topological polar surface area (TPSA) is 60.5 Å². The molecule has 0 bridgehead atoms. The van der Waals surface area contributed by atoms with E-state index in [1.807, 2.05) is 6.07 Å². The number of aromatic nitrogens is 1. The van der Waals surface area contributed by atoms with E-state index >= 15 is 0 Å². The molecule has 1 aromatic heterocycles. The lowest BCUT2D eigenvalue weighted by molar-refractivity contribution is 0.102. The van der Waals surface area contributed by atoms with Crippen LogP contribution in [0.1, 0.15) is 27.9 Å². The fourth-order valence-electron chi connectivity index (χ4n) is 2.58. The molecule has 3 rings (SSSR count). The van der Waals surface area contributed by atoms with Crippen molar-refractivity contribution in [1.29, 1.82) is 0 Å². The third-order valence-corrected chi connectivity index (χ3v) is 4.65. The van der Waals surface area contributed by atoms with E-state index < -0.39 is 0 Å². The minimum atomic E-state index is -0.308. The van der Waals surface area contributed by atoms with Gasteiger partial charge in [0.25, 0.3) is 5.91 Å². The Balaban J connectivity index is 1.83. The number of nitrogens with zero attached hydrogens (tertiary/aromatic N) is 1. The van der Waals surface area contributed by atoms with Gasteiger partial charge in [0.1, 0.15) is 11.6 Å². The van der Waals surface area contributed by atoms with Crippen molar-refractivity contribution in [2.45, 2.75) is 6.42 Å². The van der Waals surface area contributed by atoms with E-state index in [1.165, 1.54) is 17.4 Å². The molecular weight excluding hydrogens is 391 g/mol. The summed E-state index contributed by atoms with van der Waals surface area (Å²) in [6, 6.07) is 11.7. The lowest BCUT2D eigenvalue weighted by Gasteiger charge is -2.10. The molecule has 0 aliphatic rings. The highest BCUT2D eigenvalue weighted by Crippen LogP contribution is 2.22. The summed E-state index contributed by atoms with van der Waals surface area (Å²) in [6.45, 7) is 1.05. The highest BCUT2D eigenvalue weighted by Gasteiger charge is 2.11. The van der Waals surface area contributed by atoms with Crippen LogP contribution in [0.3, 0.4) is 0 Å². The van der Waals surface area contributed by atoms with E-state index in [2.05, 4.69) is 10.3 Å². The molecule has 5 nitrogen and oxygen atoms in total. The normalized spacial score (nSPS) is 11.0. The second-order valence-corrected chi connectivity index (χ2v) is 7.03. The molecule has 1 heterocycles. The maximum Gasteiger partial charge on any atom is 0.257 e. The number of hydrogen-bond acceptors (Lipinski definition) is 5. The molecule has 0 atom stereocenters. The molecule has 7 heteroatoms. The Bertz CT molecular complexity index is 974. The number of amides is 1. The van der Waals surface area contributed by atoms with Gasteiger partial charge in [-0.3, -0.25) is 10.1 Å². The molecule has 0 aliphatic carbocycles. The zero-order chi connectivity index (χ0) is 20.5. The molecule has 1 amide bonds. The van der Waals surface area contributed by atoms with E-state index in [4.69, 9.17) is 9.47 Å². The fraction of sp³-hybridized carbons (Fsp3) is 0.182. The Morgan fingerprint density at radius 2 is 2.07 bits per heavy atom. The molecule has 2 aromatic carbocycles. The average molecular weight is 412 g/mol. The molecule has 0 saturated heterocycles. The third-order valence-electron chi connectivity index (χ3n) is 3.97. The van der Waals surface area contributed by atoms with Crippen molar-refractivity contribution in [3.8, 4) is 5.75 Å². The number of hydrogen-bond donors (Lipinski definition) is 1. The first-order valence-corrected chi connectivity index (χ1v) is 9.94.